The monoisotopic (exact) mass is 338 g/mol. The van der Waals surface area contributed by atoms with Gasteiger partial charge in [0.15, 0.2) is 0 Å². The molecule has 2 atom stereocenters. The van der Waals surface area contributed by atoms with Gasteiger partial charge in [0, 0.05) is 30.9 Å². The smallest absolute Gasteiger partial charge is 0.315 e. The van der Waals surface area contributed by atoms with Crippen LogP contribution in [0.25, 0.3) is 0 Å². The molecule has 1 aliphatic heterocycles. The average Bonchev–Trinajstić information content (AvgIpc) is 2.96. The summed E-state index contributed by atoms with van der Waals surface area (Å²) in [6.07, 6.45) is 1.70. The molecule has 1 aromatic heterocycles. The minimum atomic E-state index is -0.103. The van der Waals surface area contributed by atoms with Crippen LogP contribution in [0.4, 0.5) is 4.79 Å². The highest BCUT2D eigenvalue weighted by molar-refractivity contribution is 5.74. The van der Waals surface area contributed by atoms with Crippen LogP contribution < -0.4 is 10.6 Å². The number of benzene rings is 1. The summed E-state index contributed by atoms with van der Waals surface area (Å²) < 4.78 is 0. The number of carbonyl (C=O) groups excluding carboxylic acids is 1. The second kappa shape index (κ2) is 8.12. The van der Waals surface area contributed by atoms with Gasteiger partial charge in [-0.3, -0.25) is 9.88 Å². The number of likely N-dealkylation sites (tertiary alicyclic amines) is 1. The molecule has 0 bridgehead atoms. The Morgan fingerprint density at radius 3 is 2.76 bits per heavy atom. The van der Waals surface area contributed by atoms with Gasteiger partial charge in [-0.25, -0.2) is 4.79 Å². The third kappa shape index (κ3) is 4.57. The summed E-state index contributed by atoms with van der Waals surface area (Å²) in [6, 6.07) is 16.6. The molecular formula is C20H26N4O. The third-order valence-electron chi connectivity index (χ3n) is 4.72. The molecule has 0 spiro atoms. The number of rotatable bonds is 5. The lowest BCUT2D eigenvalue weighted by Crippen LogP contribution is -2.45. The number of urea groups is 1. The fourth-order valence-electron chi connectivity index (χ4n) is 3.50. The molecule has 132 valence electrons. The number of aryl methyl sites for hydroxylation is 1. The molecule has 2 heterocycles. The number of aromatic nitrogens is 1. The molecule has 1 saturated heterocycles. The highest BCUT2D eigenvalue weighted by Gasteiger charge is 2.33. The van der Waals surface area contributed by atoms with E-state index in [1.165, 1.54) is 5.56 Å². The molecule has 0 unspecified atom stereocenters. The van der Waals surface area contributed by atoms with Gasteiger partial charge in [0.2, 0.25) is 0 Å². The first-order valence-electron chi connectivity index (χ1n) is 8.85. The summed E-state index contributed by atoms with van der Waals surface area (Å²) in [5.74, 6) is 0. The summed E-state index contributed by atoms with van der Waals surface area (Å²) in [4.78, 5) is 19.0. The number of carbonyl (C=O) groups is 1. The van der Waals surface area contributed by atoms with Crippen molar-refractivity contribution >= 4 is 6.03 Å². The molecule has 2 aromatic rings. The van der Waals surface area contributed by atoms with E-state index in [1.807, 2.05) is 43.3 Å². The van der Waals surface area contributed by atoms with Gasteiger partial charge in [0.05, 0.1) is 12.1 Å². The number of pyridine rings is 1. The predicted octanol–water partition coefficient (Wildman–Crippen LogP) is 2.68. The lowest BCUT2D eigenvalue weighted by molar-refractivity contribution is 0.230. The van der Waals surface area contributed by atoms with Crippen molar-refractivity contribution in [2.45, 2.75) is 31.8 Å². The Labute approximate surface area is 149 Å². The highest BCUT2D eigenvalue weighted by Crippen LogP contribution is 2.30. The van der Waals surface area contributed by atoms with Crippen LogP contribution in [0, 0.1) is 6.92 Å². The number of nitrogens with one attached hydrogen (secondary N) is 2. The van der Waals surface area contributed by atoms with E-state index in [9.17, 15) is 4.79 Å². The van der Waals surface area contributed by atoms with Crippen LogP contribution in [-0.4, -0.2) is 42.1 Å². The zero-order valence-electron chi connectivity index (χ0n) is 14.9. The van der Waals surface area contributed by atoms with Gasteiger partial charge in [-0.05, 0) is 38.1 Å². The van der Waals surface area contributed by atoms with E-state index in [4.69, 9.17) is 0 Å². The maximum Gasteiger partial charge on any atom is 0.315 e. The van der Waals surface area contributed by atoms with Crippen LogP contribution in [0.2, 0.25) is 0 Å². The topological polar surface area (TPSA) is 57.3 Å². The van der Waals surface area contributed by atoms with E-state index in [-0.39, 0.29) is 18.1 Å². The Morgan fingerprint density at radius 1 is 1.20 bits per heavy atom. The summed E-state index contributed by atoms with van der Waals surface area (Å²) >= 11 is 0. The van der Waals surface area contributed by atoms with Gasteiger partial charge in [-0.2, -0.15) is 0 Å². The fourth-order valence-corrected chi connectivity index (χ4v) is 3.50. The van der Waals surface area contributed by atoms with E-state index < -0.39 is 0 Å². The van der Waals surface area contributed by atoms with Crippen LogP contribution in [0.15, 0.2) is 48.5 Å². The standard InChI is InChI=1S/C20H26N4O/c1-15-7-6-10-17(22-15)11-13-21-20(25)23-18-12-14-24(2)19(18)16-8-4-3-5-9-16/h3-10,18-19H,11-14H2,1-2H3,(H2,21,23,25)/t18-,19+/m1/s1. The molecule has 0 aliphatic carbocycles. The summed E-state index contributed by atoms with van der Waals surface area (Å²) in [7, 11) is 2.11. The van der Waals surface area contributed by atoms with Crippen LogP contribution in [-0.2, 0) is 6.42 Å². The van der Waals surface area contributed by atoms with Crippen LogP contribution in [0.5, 0.6) is 0 Å². The largest absolute Gasteiger partial charge is 0.338 e. The molecule has 5 nitrogen and oxygen atoms in total. The SMILES string of the molecule is Cc1cccc(CCNC(=O)N[C@@H]2CCN(C)[C@H]2c2ccccc2)n1. The predicted molar refractivity (Wildman–Crippen MR) is 99.4 cm³/mol. The van der Waals surface area contributed by atoms with E-state index in [1.54, 1.807) is 0 Å². The molecule has 3 rings (SSSR count). The second-order valence-electron chi connectivity index (χ2n) is 6.65. The number of nitrogens with zero attached hydrogens (tertiary/aromatic N) is 2. The van der Waals surface area contributed by atoms with Crippen molar-refractivity contribution < 1.29 is 4.79 Å². The normalized spacial score (nSPS) is 20.4. The maximum atomic E-state index is 12.3. The molecule has 1 fully saturated rings. The molecule has 0 saturated carbocycles. The summed E-state index contributed by atoms with van der Waals surface area (Å²) in [6.45, 7) is 3.54. The van der Waals surface area contributed by atoms with Crippen molar-refractivity contribution in [1.29, 1.82) is 0 Å². The Kier molecular flexibility index (Phi) is 5.66. The van der Waals surface area contributed by atoms with Gasteiger partial charge in [-0.15, -0.1) is 0 Å². The highest BCUT2D eigenvalue weighted by atomic mass is 16.2. The molecule has 5 heteroatoms. The molecule has 0 radical (unpaired) electrons. The summed E-state index contributed by atoms with van der Waals surface area (Å²) in [5, 5.41) is 6.10. The van der Waals surface area contributed by atoms with Crippen LogP contribution in [0.1, 0.15) is 29.4 Å². The number of amides is 2. The van der Waals surface area contributed by atoms with Crippen molar-refractivity contribution in [3.8, 4) is 0 Å². The summed E-state index contributed by atoms with van der Waals surface area (Å²) in [5.41, 5.74) is 3.25. The molecule has 1 aromatic carbocycles. The lowest BCUT2D eigenvalue weighted by atomic mass is 10.0. The minimum Gasteiger partial charge on any atom is -0.338 e. The van der Waals surface area contributed by atoms with Crippen molar-refractivity contribution in [3.05, 3.63) is 65.5 Å². The van der Waals surface area contributed by atoms with Crippen molar-refractivity contribution in [1.82, 2.24) is 20.5 Å². The van der Waals surface area contributed by atoms with Crippen molar-refractivity contribution in [3.63, 3.8) is 0 Å². The Balaban J connectivity index is 1.51. The number of hydrogen-bond donors (Lipinski definition) is 2. The Hall–Kier alpha value is -2.40. The second-order valence-corrected chi connectivity index (χ2v) is 6.65. The van der Waals surface area contributed by atoms with E-state index >= 15 is 0 Å². The fraction of sp³-hybridized carbons (Fsp3) is 0.400. The lowest BCUT2D eigenvalue weighted by Gasteiger charge is -2.26. The number of likely N-dealkylation sites (N-methyl/N-ethyl adjacent to an activating group) is 1. The first-order chi connectivity index (χ1) is 12.1. The van der Waals surface area contributed by atoms with Gasteiger partial charge in [0.25, 0.3) is 0 Å². The Bertz CT molecular complexity index is 704. The molecule has 25 heavy (non-hydrogen) atoms. The molecule has 2 amide bonds. The quantitative estimate of drug-likeness (QED) is 0.881. The van der Waals surface area contributed by atoms with Crippen molar-refractivity contribution in [2.75, 3.05) is 20.1 Å². The zero-order valence-corrected chi connectivity index (χ0v) is 14.9. The molecule has 2 N–H and O–H groups in total. The van der Waals surface area contributed by atoms with Crippen LogP contribution >= 0.6 is 0 Å². The molecular weight excluding hydrogens is 312 g/mol. The first-order valence-corrected chi connectivity index (χ1v) is 8.85. The number of hydrogen-bond acceptors (Lipinski definition) is 3. The van der Waals surface area contributed by atoms with Gasteiger partial charge < -0.3 is 10.6 Å². The van der Waals surface area contributed by atoms with Gasteiger partial charge in [0.1, 0.15) is 0 Å². The van der Waals surface area contributed by atoms with E-state index in [0.29, 0.717) is 6.54 Å². The maximum absolute atomic E-state index is 12.3. The third-order valence-corrected chi connectivity index (χ3v) is 4.72. The van der Waals surface area contributed by atoms with Gasteiger partial charge >= 0.3 is 6.03 Å². The van der Waals surface area contributed by atoms with Crippen LogP contribution in [0.3, 0.4) is 0 Å². The zero-order chi connectivity index (χ0) is 17.6. The van der Waals surface area contributed by atoms with E-state index in [0.717, 1.165) is 30.8 Å². The molecule has 1 aliphatic rings. The minimum absolute atomic E-state index is 0.103. The Morgan fingerprint density at radius 2 is 2.00 bits per heavy atom. The van der Waals surface area contributed by atoms with E-state index in [2.05, 4.69) is 39.7 Å². The average molecular weight is 338 g/mol. The van der Waals surface area contributed by atoms with Gasteiger partial charge in [-0.1, -0.05) is 36.4 Å². The van der Waals surface area contributed by atoms with Crippen molar-refractivity contribution in [2.24, 2.45) is 0 Å². The first kappa shape index (κ1) is 17.4.